The molecule has 1 aliphatic heterocycles. The second-order valence-corrected chi connectivity index (χ2v) is 6.17. The van der Waals surface area contributed by atoms with Gasteiger partial charge in [-0.05, 0) is 58.5 Å². The highest BCUT2D eigenvalue weighted by atomic mass is 127. The van der Waals surface area contributed by atoms with E-state index in [1.807, 2.05) is 6.07 Å². The Morgan fingerprint density at radius 2 is 2.00 bits per heavy atom. The molecule has 1 amide bonds. The van der Waals surface area contributed by atoms with Gasteiger partial charge in [-0.1, -0.05) is 0 Å². The number of amides is 1. The maximum Gasteiger partial charge on any atom is 0.271 e. The van der Waals surface area contributed by atoms with E-state index in [1.54, 1.807) is 38.5 Å². The molecule has 25 heavy (non-hydrogen) atoms. The number of hydrogen-bond donors (Lipinski definition) is 1. The van der Waals surface area contributed by atoms with E-state index in [-0.39, 0.29) is 12.7 Å². The smallest absolute Gasteiger partial charge is 0.271 e. The Kier molecular flexibility index (Phi) is 5.27. The molecule has 0 fully saturated rings. The van der Waals surface area contributed by atoms with Gasteiger partial charge >= 0.3 is 0 Å². The third kappa shape index (κ3) is 3.78. The molecule has 0 aliphatic carbocycles. The molecule has 3 rings (SSSR count). The fourth-order valence-electron chi connectivity index (χ4n) is 2.28. The predicted molar refractivity (Wildman–Crippen MR) is 99.9 cm³/mol. The van der Waals surface area contributed by atoms with Crippen LogP contribution in [0.25, 0.3) is 0 Å². The van der Waals surface area contributed by atoms with Crippen molar-refractivity contribution in [1.29, 1.82) is 0 Å². The summed E-state index contributed by atoms with van der Waals surface area (Å²) in [5.41, 5.74) is 3.69. The standard InChI is InChI=1S/C17H15IN2O5/c1-22-15-6-10(5-12(18)16(15)23-2)8-19-20-17(21)11-3-4-13-14(7-11)25-9-24-13/h3-8H,9H2,1-2H3,(H,20,21)/b19-8+. The van der Waals surface area contributed by atoms with Gasteiger partial charge in [-0.25, -0.2) is 5.43 Å². The monoisotopic (exact) mass is 454 g/mol. The Morgan fingerprint density at radius 3 is 2.76 bits per heavy atom. The number of rotatable bonds is 5. The molecule has 7 nitrogen and oxygen atoms in total. The summed E-state index contributed by atoms with van der Waals surface area (Å²) in [5.74, 6) is 2.08. The van der Waals surface area contributed by atoms with Crippen LogP contribution in [-0.2, 0) is 0 Å². The minimum Gasteiger partial charge on any atom is -0.493 e. The van der Waals surface area contributed by atoms with Crippen molar-refractivity contribution in [3.63, 3.8) is 0 Å². The van der Waals surface area contributed by atoms with E-state index in [0.717, 1.165) is 9.13 Å². The van der Waals surface area contributed by atoms with Gasteiger partial charge in [0.15, 0.2) is 23.0 Å². The Labute approximate surface area is 158 Å². The molecule has 0 atom stereocenters. The Balaban J connectivity index is 1.70. The van der Waals surface area contributed by atoms with Crippen molar-refractivity contribution < 1.29 is 23.7 Å². The van der Waals surface area contributed by atoms with Gasteiger partial charge in [0.2, 0.25) is 6.79 Å². The molecule has 0 saturated carbocycles. The number of halogens is 1. The molecule has 2 aromatic rings. The summed E-state index contributed by atoms with van der Waals surface area (Å²) in [6, 6.07) is 8.61. The lowest BCUT2D eigenvalue weighted by atomic mass is 10.2. The van der Waals surface area contributed by atoms with E-state index in [0.29, 0.717) is 28.6 Å². The van der Waals surface area contributed by atoms with Crippen LogP contribution < -0.4 is 24.4 Å². The average molecular weight is 454 g/mol. The molecule has 8 heteroatoms. The first-order valence-corrected chi connectivity index (χ1v) is 8.35. The molecule has 0 saturated heterocycles. The van der Waals surface area contributed by atoms with Crippen LogP contribution in [0.2, 0.25) is 0 Å². The highest BCUT2D eigenvalue weighted by Gasteiger charge is 2.16. The van der Waals surface area contributed by atoms with Gasteiger partial charge in [0.05, 0.1) is 24.0 Å². The van der Waals surface area contributed by atoms with Crippen LogP contribution in [0.15, 0.2) is 35.4 Å². The summed E-state index contributed by atoms with van der Waals surface area (Å²) in [6.07, 6.45) is 1.54. The van der Waals surface area contributed by atoms with E-state index in [1.165, 1.54) is 6.21 Å². The van der Waals surface area contributed by atoms with Gasteiger partial charge in [0.1, 0.15) is 0 Å². The number of hydrazone groups is 1. The highest BCUT2D eigenvalue weighted by molar-refractivity contribution is 14.1. The lowest BCUT2D eigenvalue weighted by Crippen LogP contribution is -2.17. The van der Waals surface area contributed by atoms with Crippen LogP contribution in [-0.4, -0.2) is 33.1 Å². The minimum atomic E-state index is -0.343. The topological polar surface area (TPSA) is 78.4 Å². The van der Waals surface area contributed by atoms with Crippen LogP contribution in [0, 0.1) is 3.57 Å². The largest absolute Gasteiger partial charge is 0.493 e. The summed E-state index contributed by atoms with van der Waals surface area (Å²) in [4.78, 5) is 12.2. The molecule has 0 unspecified atom stereocenters. The van der Waals surface area contributed by atoms with Gasteiger partial charge in [-0.15, -0.1) is 0 Å². The highest BCUT2D eigenvalue weighted by Crippen LogP contribution is 2.33. The van der Waals surface area contributed by atoms with Gasteiger partial charge in [0.25, 0.3) is 5.91 Å². The first kappa shape index (κ1) is 17.3. The van der Waals surface area contributed by atoms with Crippen molar-refractivity contribution in [2.75, 3.05) is 21.0 Å². The Bertz CT molecular complexity index is 838. The van der Waals surface area contributed by atoms with Crippen LogP contribution in [0.4, 0.5) is 0 Å². The Morgan fingerprint density at radius 1 is 1.20 bits per heavy atom. The molecule has 1 heterocycles. The normalized spacial score (nSPS) is 12.3. The number of methoxy groups -OCH3 is 2. The number of nitrogens with one attached hydrogen (secondary N) is 1. The first-order chi connectivity index (χ1) is 12.1. The van der Waals surface area contributed by atoms with Crippen molar-refractivity contribution in [3.05, 3.63) is 45.0 Å². The van der Waals surface area contributed by atoms with E-state index in [9.17, 15) is 4.79 Å². The lowest BCUT2D eigenvalue weighted by Gasteiger charge is -2.10. The molecular formula is C17H15IN2O5. The molecule has 1 N–H and O–H groups in total. The second kappa shape index (κ2) is 7.60. The number of hydrogen-bond acceptors (Lipinski definition) is 6. The number of ether oxygens (including phenoxy) is 4. The molecule has 0 aromatic heterocycles. The van der Waals surface area contributed by atoms with Crippen molar-refractivity contribution in [1.82, 2.24) is 5.43 Å². The number of carbonyl (C=O) groups is 1. The van der Waals surface area contributed by atoms with Crippen molar-refractivity contribution in [2.24, 2.45) is 5.10 Å². The van der Waals surface area contributed by atoms with Crippen LogP contribution in [0.3, 0.4) is 0 Å². The molecule has 1 aliphatic rings. The van der Waals surface area contributed by atoms with E-state index >= 15 is 0 Å². The zero-order chi connectivity index (χ0) is 17.8. The molecule has 0 radical (unpaired) electrons. The molecule has 130 valence electrons. The third-order valence-corrected chi connectivity index (χ3v) is 4.27. The lowest BCUT2D eigenvalue weighted by molar-refractivity contribution is 0.0954. The van der Waals surface area contributed by atoms with E-state index in [2.05, 4.69) is 33.1 Å². The van der Waals surface area contributed by atoms with Crippen LogP contribution >= 0.6 is 22.6 Å². The molecule has 2 aromatic carbocycles. The van der Waals surface area contributed by atoms with Crippen molar-refractivity contribution in [2.45, 2.75) is 0 Å². The van der Waals surface area contributed by atoms with Gasteiger partial charge in [-0.2, -0.15) is 5.10 Å². The average Bonchev–Trinajstić information content (AvgIpc) is 3.08. The van der Waals surface area contributed by atoms with E-state index < -0.39 is 0 Å². The fourth-order valence-corrected chi connectivity index (χ4v) is 3.13. The summed E-state index contributed by atoms with van der Waals surface area (Å²) in [6.45, 7) is 0.163. The number of benzene rings is 2. The van der Waals surface area contributed by atoms with Gasteiger partial charge in [-0.3, -0.25) is 4.79 Å². The maximum atomic E-state index is 12.2. The SMILES string of the molecule is COc1cc(/C=N/NC(=O)c2ccc3c(c2)OCO3)cc(I)c1OC. The second-order valence-electron chi connectivity index (χ2n) is 5.01. The first-order valence-electron chi connectivity index (χ1n) is 7.27. The maximum absolute atomic E-state index is 12.2. The zero-order valence-electron chi connectivity index (χ0n) is 13.5. The van der Waals surface area contributed by atoms with E-state index in [4.69, 9.17) is 18.9 Å². The van der Waals surface area contributed by atoms with Gasteiger partial charge in [0, 0.05) is 5.56 Å². The third-order valence-electron chi connectivity index (χ3n) is 3.47. The zero-order valence-corrected chi connectivity index (χ0v) is 15.7. The minimum absolute atomic E-state index is 0.163. The van der Waals surface area contributed by atoms with Crippen LogP contribution in [0.5, 0.6) is 23.0 Å². The molecule has 0 bridgehead atoms. The summed E-state index contributed by atoms with van der Waals surface area (Å²) in [7, 11) is 3.15. The van der Waals surface area contributed by atoms with Crippen molar-refractivity contribution >= 4 is 34.7 Å². The van der Waals surface area contributed by atoms with Crippen LogP contribution in [0.1, 0.15) is 15.9 Å². The Hall–Kier alpha value is -2.49. The predicted octanol–water partition coefficient (Wildman–Crippen LogP) is 2.80. The summed E-state index contributed by atoms with van der Waals surface area (Å²) in [5, 5.41) is 3.99. The fraction of sp³-hybridized carbons (Fsp3) is 0.176. The molecule has 0 spiro atoms. The number of carbonyl (C=O) groups excluding carboxylic acids is 1. The number of fused-ring (bicyclic) bond motifs is 1. The van der Waals surface area contributed by atoms with Crippen molar-refractivity contribution in [3.8, 4) is 23.0 Å². The van der Waals surface area contributed by atoms with Gasteiger partial charge < -0.3 is 18.9 Å². The quantitative estimate of drug-likeness (QED) is 0.427. The molecular weight excluding hydrogens is 439 g/mol. The number of nitrogens with zero attached hydrogens (tertiary/aromatic N) is 1. The summed E-state index contributed by atoms with van der Waals surface area (Å²) >= 11 is 2.15. The summed E-state index contributed by atoms with van der Waals surface area (Å²) < 4.78 is 21.9.